The zero-order valence-corrected chi connectivity index (χ0v) is 11.5. The largest absolute Gasteiger partial charge is 0.454 e. The smallest absolute Gasteiger partial charge is 0.416 e. The summed E-state index contributed by atoms with van der Waals surface area (Å²) in [5, 5.41) is 2.24. The summed E-state index contributed by atoms with van der Waals surface area (Å²) in [7, 11) is 0. The van der Waals surface area contributed by atoms with Gasteiger partial charge in [-0.1, -0.05) is 6.07 Å². The fraction of sp³-hybridized carbons (Fsp3) is 0.429. The summed E-state index contributed by atoms with van der Waals surface area (Å²) in [6.07, 6.45) is -3.88. The third-order valence-corrected chi connectivity index (χ3v) is 3.01. The number of hydrogen-bond donors (Lipinski definition) is 1. The van der Waals surface area contributed by atoms with Gasteiger partial charge in [0, 0.05) is 12.3 Å². The molecule has 22 heavy (non-hydrogen) atoms. The summed E-state index contributed by atoms with van der Waals surface area (Å²) in [5.74, 6) is -1.36. The normalized spacial score (nSPS) is 18.0. The van der Waals surface area contributed by atoms with Crippen molar-refractivity contribution in [1.82, 2.24) is 0 Å². The number of amides is 1. The molecule has 8 heteroatoms. The molecule has 2 rings (SSSR count). The Bertz CT molecular complexity index is 553. The van der Waals surface area contributed by atoms with E-state index in [-0.39, 0.29) is 5.69 Å². The van der Waals surface area contributed by atoms with Crippen molar-refractivity contribution < 1.29 is 32.2 Å². The molecule has 1 atom stereocenters. The van der Waals surface area contributed by atoms with E-state index in [4.69, 9.17) is 9.47 Å². The van der Waals surface area contributed by atoms with Gasteiger partial charge in [-0.3, -0.25) is 4.79 Å². The van der Waals surface area contributed by atoms with E-state index in [2.05, 4.69) is 5.32 Å². The lowest BCUT2D eigenvalue weighted by Crippen LogP contribution is -2.27. The lowest BCUT2D eigenvalue weighted by molar-refractivity contribution is -0.156. The first-order valence-electron chi connectivity index (χ1n) is 6.61. The highest BCUT2D eigenvalue weighted by molar-refractivity contribution is 5.93. The van der Waals surface area contributed by atoms with Crippen LogP contribution in [0.15, 0.2) is 24.3 Å². The third kappa shape index (κ3) is 4.45. The zero-order chi connectivity index (χ0) is 16.2. The van der Waals surface area contributed by atoms with Crippen LogP contribution in [0.1, 0.15) is 18.4 Å². The summed E-state index contributed by atoms with van der Waals surface area (Å²) in [6.45, 7) is -0.106. The maximum Gasteiger partial charge on any atom is 0.416 e. The van der Waals surface area contributed by atoms with E-state index in [1.807, 2.05) is 0 Å². The van der Waals surface area contributed by atoms with Crippen molar-refractivity contribution >= 4 is 17.6 Å². The average Bonchev–Trinajstić information content (AvgIpc) is 2.98. The number of carbonyl (C=O) groups excluding carboxylic acids is 2. The molecule has 1 amide bonds. The number of carbonyl (C=O) groups is 2. The number of ether oxygens (including phenoxy) is 2. The van der Waals surface area contributed by atoms with Gasteiger partial charge in [-0.05, 0) is 31.0 Å². The fourth-order valence-corrected chi connectivity index (χ4v) is 1.96. The number of benzene rings is 1. The fourth-order valence-electron chi connectivity index (χ4n) is 1.96. The number of hydrogen-bond acceptors (Lipinski definition) is 4. The molecule has 0 aromatic heterocycles. The molecular formula is C14H14F3NO4. The zero-order valence-electron chi connectivity index (χ0n) is 11.5. The van der Waals surface area contributed by atoms with E-state index in [0.717, 1.165) is 18.6 Å². The van der Waals surface area contributed by atoms with Crippen LogP contribution in [-0.2, 0) is 25.2 Å². The number of halogens is 3. The van der Waals surface area contributed by atoms with Crippen LogP contribution < -0.4 is 5.32 Å². The van der Waals surface area contributed by atoms with Gasteiger partial charge in [0.05, 0.1) is 5.56 Å². The highest BCUT2D eigenvalue weighted by Crippen LogP contribution is 2.30. The van der Waals surface area contributed by atoms with Gasteiger partial charge in [0.15, 0.2) is 12.7 Å². The first-order chi connectivity index (χ1) is 10.4. The Kier molecular flexibility index (Phi) is 5.02. The second kappa shape index (κ2) is 6.78. The topological polar surface area (TPSA) is 64.6 Å². The monoisotopic (exact) mass is 317 g/mol. The number of nitrogens with one attached hydrogen (secondary N) is 1. The van der Waals surface area contributed by atoms with E-state index in [1.165, 1.54) is 12.1 Å². The van der Waals surface area contributed by atoms with Gasteiger partial charge >= 0.3 is 12.1 Å². The molecule has 5 nitrogen and oxygen atoms in total. The van der Waals surface area contributed by atoms with Crippen LogP contribution >= 0.6 is 0 Å². The van der Waals surface area contributed by atoms with Gasteiger partial charge < -0.3 is 14.8 Å². The SMILES string of the molecule is O=C(COC(=O)[C@H]1CCCO1)Nc1cccc(C(F)(F)F)c1. The molecule has 0 bridgehead atoms. The molecule has 0 aliphatic carbocycles. The number of alkyl halides is 3. The van der Waals surface area contributed by atoms with Crippen LogP contribution in [0, 0.1) is 0 Å². The van der Waals surface area contributed by atoms with E-state index >= 15 is 0 Å². The molecule has 1 aliphatic heterocycles. The molecule has 1 saturated heterocycles. The molecular weight excluding hydrogens is 303 g/mol. The molecule has 1 aromatic carbocycles. The van der Waals surface area contributed by atoms with Crippen molar-refractivity contribution in [3.8, 4) is 0 Å². The first-order valence-corrected chi connectivity index (χ1v) is 6.61. The highest BCUT2D eigenvalue weighted by Gasteiger charge is 2.30. The van der Waals surface area contributed by atoms with Gasteiger partial charge in [0.1, 0.15) is 0 Å². The first kappa shape index (κ1) is 16.3. The minimum absolute atomic E-state index is 0.0204. The summed E-state index contributed by atoms with van der Waals surface area (Å²) in [4.78, 5) is 23.1. The van der Waals surface area contributed by atoms with Crippen molar-refractivity contribution in [2.45, 2.75) is 25.1 Å². The molecule has 1 aromatic rings. The quantitative estimate of drug-likeness (QED) is 0.866. The van der Waals surface area contributed by atoms with Crippen LogP contribution in [0.5, 0.6) is 0 Å². The molecule has 0 spiro atoms. The molecule has 0 saturated carbocycles. The molecule has 1 N–H and O–H groups in total. The number of rotatable bonds is 4. The standard InChI is InChI=1S/C14H14F3NO4/c15-14(16,17)9-3-1-4-10(7-9)18-12(19)8-22-13(20)11-5-2-6-21-11/h1,3-4,7,11H,2,5-6,8H2,(H,18,19)/t11-/m1/s1. The van der Waals surface area contributed by atoms with E-state index < -0.39 is 36.3 Å². The van der Waals surface area contributed by atoms with Crippen molar-refractivity contribution in [2.75, 3.05) is 18.5 Å². The highest BCUT2D eigenvalue weighted by atomic mass is 19.4. The van der Waals surface area contributed by atoms with Gasteiger partial charge in [-0.2, -0.15) is 13.2 Å². The Morgan fingerprint density at radius 1 is 1.36 bits per heavy atom. The van der Waals surface area contributed by atoms with Crippen LogP contribution in [0.2, 0.25) is 0 Å². The number of esters is 1. The van der Waals surface area contributed by atoms with Gasteiger partial charge in [-0.15, -0.1) is 0 Å². The third-order valence-electron chi connectivity index (χ3n) is 3.01. The van der Waals surface area contributed by atoms with Crippen molar-refractivity contribution in [2.24, 2.45) is 0 Å². The predicted molar refractivity (Wildman–Crippen MR) is 70.0 cm³/mol. The minimum atomic E-state index is -4.49. The Hall–Kier alpha value is -2.09. The molecule has 1 aliphatic rings. The lowest BCUT2D eigenvalue weighted by Gasteiger charge is -2.11. The minimum Gasteiger partial charge on any atom is -0.454 e. The molecule has 0 radical (unpaired) electrons. The average molecular weight is 317 g/mol. The summed E-state index contributed by atoms with van der Waals surface area (Å²) in [6, 6.07) is 4.19. The van der Waals surface area contributed by atoms with E-state index in [0.29, 0.717) is 13.0 Å². The lowest BCUT2D eigenvalue weighted by atomic mass is 10.2. The van der Waals surface area contributed by atoms with Crippen molar-refractivity contribution in [1.29, 1.82) is 0 Å². The van der Waals surface area contributed by atoms with Gasteiger partial charge in [0.25, 0.3) is 5.91 Å². The molecule has 1 fully saturated rings. The van der Waals surface area contributed by atoms with E-state index in [1.54, 1.807) is 0 Å². The van der Waals surface area contributed by atoms with Gasteiger partial charge in [-0.25, -0.2) is 4.79 Å². The van der Waals surface area contributed by atoms with Crippen molar-refractivity contribution in [3.63, 3.8) is 0 Å². The van der Waals surface area contributed by atoms with Crippen LogP contribution in [0.4, 0.5) is 18.9 Å². The second-order valence-electron chi connectivity index (χ2n) is 4.74. The molecule has 120 valence electrons. The van der Waals surface area contributed by atoms with Crippen LogP contribution in [0.25, 0.3) is 0 Å². The van der Waals surface area contributed by atoms with Crippen LogP contribution in [-0.4, -0.2) is 31.2 Å². The van der Waals surface area contributed by atoms with E-state index in [9.17, 15) is 22.8 Å². The summed E-state index contributed by atoms with van der Waals surface area (Å²) < 4.78 is 47.5. The van der Waals surface area contributed by atoms with Crippen LogP contribution in [0.3, 0.4) is 0 Å². The molecule has 1 heterocycles. The molecule has 0 unspecified atom stereocenters. The number of anilines is 1. The maximum absolute atomic E-state index is 12.5. The summed E-state index contributed by atoms with van der Waals surface area (Å²) >= 11 is 0. The maximum atomic E-state index is 12.5. The second-order valence-corrected chi connectivity index (χ2v) is 4.74. The Balaban J connectivity index is 1.85. The predicted octanol–water partition coefficient (Wildman–Crippen LogP) is 2.37. The van der Waals surface area contributed by atoms with Crippen molar-refractivity contribution in [3.05, 3.63) is 29.8 Å². The van der Waals surface area contributed by atoms with Gasteiger partial charge in [0.2, 0.25) is 0 Å². The Morgan fingerprint density at radius 2 is 2.14 bits per heavy atom. The Morgan fingerprint density at radius 3 is 2.77 bits per heavy atom. The summed E-state index contributed by atoms with van der Waals surface area (Å²) in [5.41, 5.74) is -0.894. The Labute approximate surface area is 124 Å².